The molecular weight excluding hydrogens is 528 g/mol. The first-order valence-corrected chi connectivity index (χ1v) is 12.9. The zero-order valence-electron chi connectivity index (χ0n) is 18.5. The monoisotopic (exact) mass is 548 g/mol. The van der Waals surface area contributed by atoms with Crippen LogP contribution in [-0.2, 0) is 13.2 Å². The third kappa shape index (κ3) is 5.44. The molecular formula is C28H22BrClN2OS. The van der Waals surface area contributed by atoms with Crippen LogP contribution in [0.15, 0.2) is 89.4 Å². The molecule has 0 aliphatic heterocycles. The number of nitrogens with zero attached hydrogens (tertiary/aromatic N) is 1. The van der Waals surface area contributed by atoms with Crippen molar-refractivity contribution in [2.45, 2.75) is 20.1 Å². The van der Waals surface area contributed by atoms with E-state index in [1.807, 2.05) is 30.3 Å². The molecule has 0 fully saturated rings. The number of rotatable bonds is 7. The van der Waals surface area contributed by atoms with E-state index in [0.29, 0.717) is 6.61 Å². The lowest BCUT2D eigenvalue weighted by molar-refractivity contribution is 0.304. The molecule has 0 bridgehead atoms. The minimum atomic E-state index is 0.494. The molecule has 34 heavy (non-hydrogen) atoms. The van der Waals surface area contributed by atoms with Gasteiger partial charge in [-0.1, -0.05) is 35.9 Å². The second-order valence-corrected chi connectivity index (χ2v) is 10.4. The Kier molecular flexibility index (Phi) is 6.86. The minimum Gasteiger partial charge on any atom is -0.488 e. The van der Waals surface area contributed by atoms with Gasteiger partial charge < -0.3 is 10.1 Å². The van der Waals surface area contributed by atoms with Gasteiger partial charge in [-0.3, -0.25) is 0 Å². The lowest BCUT2D eigenvalue weighted by Crippen LogP contribution is -2.00. The van der Waals surface area contributed by atoms with Crippen molar-refractivity contribution in [2.24, 2.45) is 0 Å². The number of ether oxygens (including phenoxy) is 1. The number of hydrogen-bond acceptors (Lipinski definition) is 4. The first-order chi connectivity index (χ1) is 16.5. The molecule has 0 atom stereocenters. The van der Waals surface area contributed by atoms with Crippen LogP contribution < -0.4 is 10.1 Å². The molecule has 1 N–H and O–H groups in total. The lowest BCUT2D eigenvalue weighted by Gasteiger charge is -2.11. The number of aromatic nitrogens is 1. The summed E-state index contributed by atoms with van der Waals surface area (Å²) in [6, 6.07) is 28.7. The summed E-state index contributed by atoms with van der Waals surface area (Å²) in [6.07, 6.45) is 0. The minimum absolute atomic E-state index is 0.494. The summed E-state index contributed by atoms with van der Waals surface area (Å²) in [5.74, 6) is 0.814. The Morgan fingerprint density at radius 1 is 0.912 bits per heavy atom. The molecule has 0 aliphatic carbocycles. The van der Waals surface area contributed by atoms with Gasteiger partial charge in [-0.05, 0) is 100 Å². The summed E-state index contributed by atoms with van der Waals surface area (Å²) < 4.78 is 8.11. The number of halogens is 2. The van der Waals surface area contributed by atoms with E-state index < -0.39 is 0 Å². The maximum absolute atomic E-state index is 5.95. The molecule has 5 aromatic rings. The highest BCUT2D eigenvalue weighted by molar-refractivity contribution is 9.10. The Morgan fingerprint density at radius 2 is 1.68 bits per heavy atom. The Labute approximate surface area is 216 Å². The second-order valence-electron chi connectivity index (χ2n) is 8.10. The highest BCUT2D eigenvalue weighted by atomic mass is 79.9. The van der Waals surface area contributed by atoms with Crippen molar-refractivity contribution in [1.82, 2.24) is 4.98 Å². The fraction of sp³-hybridized carbons (Fsp3) is 0.107. The zero-order chi connectivity index (χ0) is 23.5. The fourth-order valence-corrected chi connectivity index (χ4v) is 5.34. The normalized spacial score (nSPS) is 11.0. The number of anilines is 1. The molecule has 0 aliphatic rings. The van der Waals surface area contributed by atoms with E-state index in [4.69, 9.17) is 21.3 Å². The fourth-order valence-electron chi connectivity index (χ4n) is 3.60. The van der Waals surface area contributed by atoms with Crippen LogP contribution in [-0.4, -0.2) is 4.98 Å². The largest absolute Gasteiger partial charge is 0.488 e. The van der Waals surface area contributed by atoms with Crippen molar-refractivity contribution in [3.05, 3.63) is 111 Å². The number of aryl methyl sites for hydroxylation is 1. The summed E-state index contributed by atoms with van der Waals surface area (Å²) in [5.41, 5.74) is 6.76. The van der Waals surface area contributed by atoms with Crippen LogP contribution in [0, 0.1) is 6.92 Å². The SMILES string of the molecule is Cc1ccc2nc(-c3ccc(NCc4ccc(OCc5ccc(Cl)cc5)c(Br)c4)cc3)sc2c1. The van der Waals surface area contributed by atoms with Crippen LogP contribution in [0.4, 0.5) is 5.69 Å². The summed E-state index contributed by atoms with van der Waals surface area (Å²) >= 11 is 11.3. The van der Waals surface area contributed by atoms with Gasteiger partial charge in [0, 0.05) is 22.8 Å². The van der Waals surface area contributed by atoms with Crippen molar-refractivity contribution < 1.29 is 4.74 Å². The van der Waals surface area contributed by atoms with Crippen LogP contribution in [0.3, 0.4) is 0 Å². The van der Waals surface area contributed by atoms with E-state index in [0.717, 1.165) is 54.7 Å². The maximum atomic E-state index is 5.95. The van der Waals surface area contributed by atoms with Crippen molar-refractivity contribution in [3.63, 3.8) is 0 Å². The quantitative estimate of drug-likeness (QED) is 0.220. The maximum Gasteiger partial charge on any atom is 0.134 e. The molecule has 0 radical (unpaired) electrons. The number of thiazole rings is 1. The van der Waals surface area contributed by atoms with Gasteiger partial charge in [0.05, 0.1) is 14.7 Å². The van der Waals surface area contributed by atoms with E-state index >= 15 is 0 Å². The van der Waals surface area contributed by atoms with E-state index in [-0.39, 0.29) is 0 Å². The van der Waals surface area contributed by atoms with Crippen LogP contribution >= 0.6 is 38.9 Å². The highest BCUT2D eigenvalue weighted by Gasteiger charge is 2.07. The van der Waals surface area contributed by atoms with Gasteiger partial charge in [0.2, 0.25) is 0 Å². The summed E-state index contributed by atoms with van der Waals surface area (Å²) in [5, 5.41) is 5.26. The smallest absolute Gasteiger partial charge is 0.134 e. The van der Waals surface area contributed by atoms with E-state index in [9.17, 15) is 0 Å². The molecule has 0 amide bonds. The van der Waals surface area contributed by atoms with Gasteiger partial charge in [-0.25, -0.2) is 4.98 Å². The Balaban J connectivity index is 1.19. The zero-order valence-corrected chi connectivity index (χ0v) is 21.7. The Hall–Kier alpha value is -2.86. The molecule has 0 unspecified atom stereocenters. The molecule has 4 aromatic carbocycles. The van der Waals surface area contributed by atoms with Crippen LogP contribution in [0.2, 0.25) is 5.02 Å². The first-order valence-electron chi connectivity index (χ1n) is 10.9. The van der Waals surface area contributed by atoms with Crippen molar-refractivity contribution in [2.75, 3.05) is 5.32 Å². The van der Waals surface area contributed by atoms with Crippen LogP contribution in [0.1, 0.15) is 16.7 Å². The van der Waals surface area contributed by atoms with Gasteiger partial charge in [0.1, 0.15) is 17.4 Å². The van der Waals surface area contributed by atoms with Gasteiger partial charge in [-0.2, -0.15) is 0 Å². The first kappa shape index (κ1) is 22.9. The number of benzene rings is 4. The second kappa shape index (κ2) is 10.2. The van der Waals surface area contributed by atoms with E-state index in [2.05, 4.69) is 82.8 Å². The lowest BCUT2D eigenvalue weighted by atomic mass is 10.2. The summed E-state index contributed by atoms with van der Waals surface area (Å²) in [4.78, 5) is 4.78. The van der Waals surface area contributed by atoms with E-state index in [1.165, 1.54) is 10.3 Å². The molecule has 1 heterocycles. The Bertz CT molecular complexity index is 1430. The number of hydrogen-bond donors (Lipinski definition) is 1. The topological polar surface area (TPSA) is 34.2 Å². The molecule has 0 spiro atoms. The summed E-state index contributed by atoms with van der Waals surface area (Å²) in [6.45, 7) is 3.32. The average molecular weight is 550 g/mol. The molecule has 0 saturated carbocycles. The molecule has 170 valence electrons. The molecule has 3 nitrogen and oxygen atoms in total. The predicted octanol–water partition coefficient (Wildman–Crippen LogP) is 8.88. The standard InChI is InChI=1S/C28H22BrClN2OS/c1-18-2-12-25-27(14-18)34-28(32-25)21-6-10-23(11-7-21)31-16-20-5-13-26(24(29)15-20)33-17-19-3-8-22(30)9-4-19/h2-15,31H,16-17H2,1H3. The van der Waals surface area contributed by atoms with Crippen molar-refractivity contribution in [1.29, 1.82) is 0 Å². The third-order valence-corrected chi connectivity index (χ3v) is 7.42. The average Bonchev–Trinajstić information content (AvgIpc) is 3.27. The highest BCUT2D eigenvalue weighted by Crippen LogP contribution is 2.32. The molecule has 1 aromatic heterocycles. The van der Waals surface area contributed by atoms with Gasteiger partial charge in [0.15, 0.2) is 0 Å². The van der Waals surface area contributed by atoms with Gasteiger partial charge >= 0.3 is 0 Å². The van der Waals surface area contributed by atoms with Gasteiger partial charge in [-0.15, -0.1) is 11.3 Å². The summed E-state index contributed by atoms with van der Waals surface area (Å²) in [7, 11) is 0. The van der Waals surface area contributed by atoms with E-state index in [1.54, 1.807) is 11.3 Å². The van der Waals surface area contributed by atoms with Crippen molar-refractivity contribution >= 4 is 54.8 Å². The molecule has 5 rings (SSSR count). The molecule has 0 saturated heterocycles. The third-order valence-electron chi connectivity index (χ3n) is 5.48. The van der Waals surface area contributed by atoms with Crippen LogP contribution in [0.25, 0.3) is 20.8 Å². The number of nitrogens with one attached hydrogen (secondary N) is 1. The molecule has 6 heteroatoms. The Morgan fingerprint density at radius 3 is 2.44 bits per heavy atom. The predicted molar refractivity (Wildman–Crippen MR) is 147 cm³/mol. The van der Waals surface area contributed by atoms with Gasteiger partial charge in [0.25, 0.3) is 0 Å². The number of fused-ring (bicyclic) bond motifs is 1. The van der Waals surface area contributed by atoms with Crippen molar-refractivity contribution in [3.8, 4) is 16.3 Å². The van der Waals surface area contributed by atoms with Crippen LogP contribution in [0.5, 0.6) is 5.75 Å².